The van der Waals surface area contributed by atoms with Crippen LogP contribution in [0.1, 0.15) is 39.5 Å². The van der Waals surface area contributed by atoms with Crippen LogP contribution in [0.25, 0.3) is 0 Å². The third kappa shape index (κ3) is 4.11. The van der Waals surface area contributed by atoms with Crippen molar-refractivity contribution in [1.29, 1.82) is 0 Å². The van der Waals surface area contributed by atoms with Crippen LogP contribution in [-0.4, -0.2) is 11.7 Å². The number of hydrogen-bond donors (Lipinski definition) is 1. The third-order valence-corrected chi connectivity index (χ3v) is 1.93. The highest BCUT2D eigenvalue weighted by molar-refractivity contribution is 6.36. The number of amides is 1. The number of unbranched alkanes of at least 4 members (excludes halogenated alkanes) is 2. The molecule has 0 fully saturated rings. The second kappa shape index (κ2) is 5.75. The summed E-state index contributed by atoms with van der Waals surface area (Å²) in [6.07, 6.45) is 4.00. The topological polar surface area (TPSA) is 60.2 Å². The maximum atomic E-state index is 11.0. The average molecular weight is 171 g/mol. The molecule has 0 aromatic carbocycles. The molecular formula is C9H17NO2. The summed E-state index contributed by atoms with van der Waals surface area (Å²) in [6, 6.07) is 0. The molecule has 0 bridgehead atoms. The number of Topliss-reactive ketones (excluding diaryl/α,β-unsaturated/α-hetero) is 1. The second-order valence-electron chi connectivity index (χ2n) is 3.13. The van der Waals surface area contributed by atoms with Crippen molar-refractivity contribution in [3.05, 3.63) is 0 Å². The quantitative estimate of drug-likeness (QED) is 0.483. The Morgan fingerprint density at radius 3 is 2.33 bits per heavy atom. The lowest BCUT2D eigenvalue weighted by molar-refractivity contribution is -0.138. The highest BCUT2D eigenvalue weighted by Gasteiger charge is 2.17. The highest BCUT2D eigenvalue weighted by Crippen LogP contribution is 2.09. The fraction of sp³-hybridized carbons (Fsp3) is 0.778. The number of primary amides is 1. The molecule has 0 aromatic heterocycles. The molecule has 0 aromatic rings. The van der Waals surface area contributed by atoms with Crippen molar-refractivity contribution in [3.63, 3.8) is 0 Å². The molecule has 0 aliphatic rings. The smallest absolute Gasteiger partial charge is 0.285 e. The summed E-state index contributed by atoms with van der Waals surface area (Å²) in [7, 11) is 0. The number of hydrogen-bond acceptors (Lipinski definition) is 2. The molecule has 2 N–H and O–H groups in total. The Balaban J connectivity index is 3.64. The molecule has 0 spiro atoms. The maximum Gasteiger partial charge on any atom is 0.285 e. The minimum atomic E-state index is -0.806. The van der Waals surface area contributed by atoms with Gasteiger partial charge >= 0.3 is 0 Å². The average Bonchev–Trinajstić information content (AvgIpc) is 2.03. The van der Waals surface area contributed by atoms with E-state index < -0.39 is 11.7 Å². The maximum absolute atomic E-state index is 11.0. The largest absolute Gasteiger partial charge is 0.363 e. The Morgan fingerprint density at radius 1 is 1.33 bits per heavy atom. The van der Waals surface area contributed by atoms with Crippen LogP contribution in [0.3, 0.4) is 0 Å². The third-order valence-electron chi connectivity index (χ3n) is 1.93. The van der Waals surface area contributed by atoms with Crippen molar-refractivity contribution in [3.8, 4) is 0 Å². The number of rotatable bonds is 6. The lowest BCUT2D eigenvalue weighted by Gasteiger charge is -2.06. The summed E-state index contributed by atoms with van der Waals surface area (Å²) >= 11 is 0. The van der Waals surface area contributed by atoms with E-state index in [4.69, 9.17) is 5.73 Å². The van der Waals surface area contributed by atoms with E-state index in [9.17, 15) is 9.59 Å². The minimum absolute atomic E-state index is 0.200. The molecule has 0 saturated heterocycles. The molecule has 3 heteroatoms. The van der Waals surface area contributed by atoms with Crippen molar-refractivity contribution in [1.82, 2.24) is 0 Å². The van der Waals surface area contributed by atoms with Gasteiger partial charge in [0, 0.05) is 5.92 Å². The van der Waals surface area contributed by atoms with Gasteiger partial charge in [-0.3, -0.25) is 9.59 Å². The number of nitrogens with two attached hydrogens (primary N) is 1. The van der Waals surface area contributed by atoms with Crippen molar-refractivity contribution < 1.29 is 9.59 Å². The van der Waals surface area contributed by atoms with E-state index in [0.29, 0.717) is 0 Å². The van der Waals surface area contributed by atoms with Crippen LogP contribution in [0, 0.1) is 5.92 Å². The molecule has 3 nitrogen and oxygen atoms in total. The SMILES string of the molecule is CCCCCC(C)C(=O)C(N)=O. The number of ketones is 1. The van der Waals surface area contributed by atoms with Crippen LogP contribution in [0.5, 0.6) is 0 Å². The monoisotopic (exact) mass is 171 g/mol. The van der Waals surface area contributed by atoms with E-state index >= 15 is 0 Å². The molecule has 0 saturated carbocycles. The van der Waals surface area contributed by atoms with Crippen LogP contribution in [0.2, 0.25) is 0 Å². The van der Waals surface area contributed by atoms with Gasteiger partial charge in [-0.25, -0.2) is 0 Å². The molecule has 0 aliphatic carbocycles. The lowest BCUT2D eigenvalue weighted by atomic mass is 9.99. The molecule has 12 heavy (non-hydrogen) atoms. The van der Waals surface area contributed by atoms with Gasteiger partial charge in [0.1, 0.15) is 0 Å². The van der Waals surface area contributed by atoms with Crippen LogP contribution >= 0.6 is 0 Å². The Labute approximate surface area is 73.3 Å². The fourth-order valence-corrected chi connectivity index (χ4v) is 1.07. The van der Waals surface area contributed by atoms with E-state index in [2.05, 4.69) is 6.92 Å². The predicted molar refractivity (Wildman–Crippen MR) is 47.5 cm³/mol. The Bertz CT molecular complexity index is 166. The molecule has 1 amide bonds. The van der Waals surface area contributed by atoms with Crippen molar-refractivity contribution in [2.45, 2.75) is 39.5 Å². The Hall–Kier alpha value is -0.860. The first kappa shape index (κ1) is 11.1. The van der Waals surface area contributed by atoms with E-state index in [1.165, 1.54) is 0 Å². The van der Waals surface area contributed by atoms with Crippen LogP contribution in [0.15, 0.2) is 0 Å². The van der Waals surface area contributed by atoms with Crippen molar-refractivity contribution in [2.75, 3.05) is 0 Å². The van der Waals surface area contributed by atoms with Crippen LogP contribution in [-0.2, 0) is 9.59 Å². The summed E-state index contributed by atoms with van der Waals surface area (Å²) < 4.78 is 0. The second-order valence-corrected chi connectivity index (χ2v) is 3.13. The first-order valence-electron chi connectivity index (χ1n) is 4.43. The van der Waals surface area contributed by atoms with Crippen LogP contribution < -0.4 is 5.73 Å². The fourth-order valence-electron chi connectivity index (χ4n) is 1.07. The molecule has 0 heterocycles. The summed E-state index contributed by atoms with van der Waals surface area (Å²) in [5.74, 6) is -1.45. The first-order chi connectivity index (χ1) is 5.59. The standard InChI is InChI=1S/C9H17NO2/c1-3-4-5-6-7(2)8(11)9(10)12/h7H,3-6H2,1-2H3,(H2,10,12). The molecule has 0 aliphatic heterocycles. The van der Waals surface area contributed by atoms with Crippen molar-refractivity contribution in [2.24, 2.45) is 11.7 Å². The van der Waals surface area contributed by atoms with Gasteiger partial charge in [-0.15, -0.1) is 0 Å². The summed E-state index contributed by atoms with van der Waals surface area (Å²) in [5, 5.41) is 0. The molecule has 0 radical (unpaired) electrons. The minimum Gasteiger partial charge on any atom is -0.363 e. The van der Waals surface area contributed by atoms with Crippen molar-refractivity contribution >= 4 is 11.7 Å². The van der Waals surface area contributed by atoms with E-state index in [1.54, 1.807) is 6.92 Å². The van der Waals surface area contributed by atoms with Gasteiger partial charge in [0.25, 0.3) is 5.91 Å². The predicted octanol–water partition coefficient (Wildman–Crippen LogP) is 1.26. The number of carbonyl (C=O) groups excluding carboxylic acids is 2. The summed E-state index contributed by atoms with van der Waals surface area (Å²) in [5.41, 5.74) is 4.85. The van der Waals surface area contributed by atoms with E-state index in [1.807, 2.05) is 0 Å². The molecule has 1 unspecified atom stereocenters. The normalized spacial score (nSPS) is 12.5. The van der Waals surface area contributed by atoms with Gasteiger partial charge in [0.2, 0.25) is 5.78 Å². The zero-order chi connectivity index (χ0) is 9.56. The van der Waals surface area contributed by atoms with Crippen LogP contribution in [0.4, 0.5) is 0 Å². The van der Waals surface area contributed by atoms with E-state index in [0.717, 1.165) is 25.7 Å². The van der Waals surface area contributed by atoms with Gasteiger partial charge in [-0.1, -0.05) is 33.1 Å². The van der Waals surface area contributed by atoms with Gasteiger partial charge in [0.05, 0.1) is 0 Å². The Morgan fingerprint density at radius 2 is 1.92 bits per heavy atom. The summed E-state index contributed by atoms with van der Waals surface area (Å²) in [4.78, 5) is 21.4. The van der Waals surface area contributed by atoms with Gasteiger partial charge in [0.15, 0.2) is 0 Å². The highest BCUT2D eigenvalue weighted by atomic mass is 16.2. The van der Waals surface area contributed by atoms with Gasteiger partial charge < -0.3 is 5.73 Å². The molecule has 70 valence electrons. The lowest BCUT2D eigenvalue weighted by Crippen LogP contribution is -2.28. The first-order valence-corrected chi connectivity index (χ1v) is 4.43. The zero-order valence-electron chi connectivity index (χ0n) is 7.80. The molecule has 1 atom stereocenters. The number of carbonyl (C=O) groups is 2. The van der Waals surface area contributed by atoms with E-state index in [-0.39, 0.29) is 5.92 Å². The summed E-state index contributed by atoms with van der Waals surface area (Å²) in [6.45, 7) is 3.85. The molecule has 0 rings (SSSR count). The van der Waals surface area contributed by atoms with Gasteiger partial charge in [-0.05, 0) is 6.42 Å². The zero-order valence-corrected chi connectivity index (χ0v) is 7.80. The molecular weight excluding hydrogens is 154 g/mol. The Kier molecular flexibility index (Phi) is 5.34. The van der Waals surface area contributed by atoms with Gasteiger partial charge in [-0.2, -0.15) is 0 Å².